The van der Waals surface area contributed by atoms with Crippen LogP contribution in [-0.4, -0.2) is 32.0 Å². The number of hydrogen-bond acceptors (Lipinski definition) is 4. The van der Waals surface area contributed by atoms with Gasteiger partial charge in [-0.25, -0.2) is 9.89 Å². The Labute approximate surface area is 146 Å². The molecule has 0 bridgehead atoms. The fraction of sp³-hybridized carbons (Fsp3) is 0.471. The lowest BCUT2D eigenvalue weighted by molar-refractivity contribution is -0.120. The summed E-state index contributed by atoms with van der Waals surface area (Å²) in [6.45, 7) is 6.53. The first-order valence-electron chi connectivity index (χ1n) is 8.04. The minimum atomic E-state index is -0.247. The fourth-order valence-electron chi connectivity index (χ4n) is 2.13. The van der Waals surface area contributed by atoms with Gasteiger partial charge in [-0.05, 0) is 32.3 Å². The van der Waals surface area contributed by atoms with Crippen molar-refractivity contribution in [3.05, 3.63) is 46.4 Å². The van der Waals surface area contributed by atoms with E-state index in [1.165, 1.54) is 11.8 Å². The number of nitrogens with zero attached hydrogens (tertiary/aromatic N) is 2. The van der Waals surface area contributed by atoms with E-state index in [1.54, 1.807) is 4.57 Å². The number of thioether (sulfide) groups is 1. The molecule has 0 saturated carbocycles. The second-order valence-corrected chi connectivity index (χ2v) is 7.22. The van der Waals surface area contributed by atoms with Gasteiger partial charge in [-0.15, -0.1) is 5.10 Å². The van der Waals surface area contributed by atoms with E-state index in [1.807, 2.05) is 51.1 Å². The third-order valence-corrected chi connectivity index (χ3v) is 4.86. The van der Waals surface area contributed by atoms with Crippen LogP contribution >= 0.6 is 11.8 Å². The molecule has 2 rings (SSSR count). The number of hydrogen-bond donors (Lipinski definition) is 2. The highest BCUT2D eigenvalue weighted by Crippen LogP contribution is 2.15. The van der Waals surface area contributed by atoms with E-state index in [4.69, 9.17) is 0 Å². The Hall–Kier alpha value is -2.02. The van der Waals surface area contributed by atoms with Gasteiger partial charge in [0.1, 0.15) is 0 Å². The standard InChI is InChI=1S/C17H24N4O2S/c1-4-17(2,3)18-14(22)12-24-16-20-19-15(23)21(16)11-10-13-8-6-5-7-9-13/h5-9H,4,10-12H2,1-3H3,(H,18,22)(H,19,23). The van der Waals surface area contributed by atoms with E-state index < -0.39 is 0 Å². The minimum Gasteiger partial charge on any atom is -0.351 e. The van der Waals surface area contributed by atoms with Crippen LogP contribution in [0.25, 0.3) is 0 Å². The first kappa shape index (κ1) is 18.3. The van der Waals surface area contributed by atoms with Gasteiger partial charge in [-0.1, -0.05) is 49.0 Å². The zero-order chi connectivity index (χ0) is 17.6. The third-order valence-electron chi connectivity index (χ3n) is 3.88. The normalized spacial score (nSPS) is 11.5. The van der Waals surface area contributed by atoms with E-state index in [-0.39, 0.29) is 22.9 Å². The Morgan fingerprint density at radius 3 is 2.71 bits per heavy atom. The van der Waals surface area contributed by atoms with Crippen LogP contribution in [0, 0.1) is 0 Å². The highest BCUT2D eigenvalue weighted by atomic mass is 32.2. The molecule has 2 N–H and O–H groups in total. The van der Waals surface area contributed by atoms with E-state index >= 15 is 0 Å². The molecule has 0 aliphatic rings. The average Bonchev–Trinajstić information content (AvgIpc) is 2.91. The molecule has 0 radical (unpaired) electrons. The summed E-state index contributed by atoms with van der Waals surface area (Å²) >= 11 is 1.27. The van der Waals surface area contributed by atoms with Gasteiger partial charge < -0.3 is 5.32 Å². The number of rotatable bonds is 8. The van der Waals surface area contributed by atoms with Gasteiger partial charge in [0.15, 0.2) is 5.16 Å². The van der Waals surface area contributed by atoms with Crippen molar-refractivity contribution in [1.29, 1.82) is 0 Å². The van der Waals surface area contributed by atoms with Crippen LogP contribution in [0.4, 0.5) is 0 Å². The van der Waals surface area contributed by atoms with Gasteiger partial charge in [0, 0.05) is 12.1 Å². The highest BCUT2D eigenvalue weighted by Gasteiger charge is 2.18. The molecule has 6 nitrogen and oxygen atoms in total. The van der Waals surface area contributed by atoms with Gasteiger partial charge in [-0.2, -0.15) is 0 Å². The summed E-state index contributed by atoms with van der Waals surface area (Å²) in [5.41, 5.74) is 0.683. The molecule has 0 saturated heterocycles. The Kier molecular flexibility index (Phi) is 6.25. The lowest BCUT2D eigenvalue weighted by Gasteiger charge is -2.24. The molecule has 1 heterocycles. The molecule has 1 aromatic heterocycles. The van der Waals surface area contributed by atoms with Crippen molar-refractivity contribution in [2.75, 3.05) is 5.75 Å². The molecule has 0 aliphatic heterocycles. The lowest BCUT2D eigenvalue weighted by atomic mass is 10.0. The van der Waals surface area contributed by atoms with Gasteiger partial charge in [-0.3, -0.25) is 9.36 Å². The molecule has 24 heavy (non-hydrogen) atoms. The second kappa shape index (κ2) is 8.19. The predicted molar refractivity (Wildman–Crippen MR) is 96.2 cm³/mol. The number of aromatic amines is 1. The van der Waals surface area contributed by atoms with Crippen molar-refractivity contribution < 1.29 is 4.79 Å². The lowest BCUT2D eigenvalue weighted by Crippen LogP contribution is -2.43. The van der Waals surface area contributed by atoms with Crippen LogP contribution in [0.2, 0.25) is 0 Å². The number of benzene rings is 1. The monoisotopic (exact) mass is 348 g/mol. The van der Waals surface area contributed by atoms with Crippen molar-refractivity contribution in [1.82, 2.24) is 20.1 Å². The summed E-state index contributed by atoms with van der Waals surface area (Å²) in [7, 11) is 0. The van der Waals surface area contributed by atoms with Crippen LogP contribution in [0.15, 0.2) is 40.3 Å². The molecule has 0 unspecified atom stereocenters. The molecule has 2 aromatic rings. The fourth-order valence-corrected chi connectivity index (χ4v) is 2.90. The SMILES string of the molecule is CCC(C)(C)NC(=O)CSc1n[nH]c(=O)n1CCc1ccccc1. The highest BCUT2D eigenvalue weighted by molar-refractivity contribution is 7.99. The van der Waals surface area contributed by atoms with Crippen molar-refractivity contribution in [3.8, 4) is 0 Å². The summed E-state index contributed by atoms with van der Waals surface area (Å²) in [4.78, 5) is 23.9. The number of amides is 1. The Bertz CT molecular complexity index is 722. The first-order valence-corrected chi connectivity index (χ1v) is 9.03. The number of nitrogens with one attached hydrogen (secondary N) is 2. The minimum absolute atomic E-state index is 0.0584. The number of H-pyrrole nitrogens is 1. The summed E-state index contributed by atoms with van der Waals surface area (Å²) in [6.07, 6.45) is 1.59. The van der Waals surface area contributed by atoms with Crippen LogP contribution < -0.4 is 11.0 Å². The summed E-state index contributed by atoms with van der Waals surface area (Å²) < 4.78 is 1.58. The van der Waals surface area contributed by atoms with Crippen LogP contribution in [-0.2, 0) is 17.8 Å². The number of carbonyl (C=O) groups excluding carboxylic acids is 1. The van der Waals surface area contributed by atoms with Gasteiger partial charge in [0.25, 0.3) is 0 Å². The summed E-state index contributed by atoms with van der Waals surface area (Å²) in [6, 6.07) is 9.97. The first-order chi connectivity index (χ1) is 11.4. The maximum Gasteiger partial charge on any atom is 0.343 e. The van der Waals surface area contributed by atoms with Gasteiger partial charge in [0.2, 0.25) is 5.91 Å². The zero-order valence-corrected chi connectivity index (χ0v) is 15.2. The molecular weight excluding hydrogens is 324 g/mol. The molecule has 0 aliphatic carbocycles. The van der Waals surface area contributed by atoms with Crippen LogP contribution in [0.3, 0.4) is 0 Å². The maximum absolute atomic E-state index is 12.0. The van der Waals surface area contributed by atoms with Crippen LogP contribution in [0.5, 0.6) is 0 Å². The third kappa shape index (κ3) is 5.26. The topological polar surface area (TPSA) is 79.8 Å². The van der Waals surface area contributed by atoms with Gasteiger partial charge in [0.05, 0.1) is 5.75 Å². The molecule has 1 amide bonds. The van der Waals surface area contributed by atoms with Crippen LogP contribution in [0.1, 0.15) is 32.8 Å². The molecule has 0 atom stereocenters. The quantitative estimate of drug-likeness (QED) is 0.717. The number of aromatic nitrogens is 3. The molecule has 1 aromatic carbocycles. The maximum atomic E-state index is 12.0. The molecular formula is C17H24N4O2S. The molecule has 0 spiro atoms. The molecule has 0 fully saturated rings. The summed E-state index contributed by atoms with van der Waals surface area (Å²) in [5.74, 6) is 0.177. The Morgan fingerprint density at radius 2 is 2.04 bits per heavy atom. The van der Waals surface area contributed by atoms with E-state index in [0.29, 0.717) is 11.7 Å². The van der Waals surface area contributed by atoms with Crippen molar-refractivity contribution in [2.45, 2.75) is 50.9 Å². The van der Waals surface area contributed by atoms with Gasteiger partial charge >= 0.3 is 5.69 Å². The Morgan fingerprint density at radius 1 is 1.33 bits per heavy atom. The smallest absolute Gasteiger partial charge is 0.343 e. The number of carbonyl (C=O) groups is 1. The predicted octanol–water partition coefficient (Wildman–Crippen LogP) is 2.21. The largest absolute Gasteiger partial charge is 0.351 e. The van der Waals surface area contributed by atoms with Crippen molar-refractivity contribution >= 4 is 17.7 Å². The Balaban J connectivity index is 1.94. The average molecular weight is 348 g/mol. The van der Waals surface area contributed by atoms with E-state index in [2.05, 4.69) is 15.5 Å². The number of aryl methyl sites for hydroxylation is 1. The molecule has 130 valence electrons. The van der Waals surface area contributed by atoms with Crippen molar-refractivity contribution in [3.63, 3.8) is 0 Å². The van der Waals surface area contributed by atoms with Crippen molar-refractivity contribution in [2.24, 2.45) is 0 Å². The van der Waals surface area contributed by atoms with E-state index in [0.717, 1.165) is 18.4 Å². The summed E-state index contributed by atoms with van der Waals surface area (Å²) in [5, 5.41) is 10.0. The second-order valence-electron chi connectivity index (χ2n) is 6.27. The zero-order valence-electron chi connectivity index (χ0n) is 14.3. The molecule has 7 heteroatoms. The van der Waals surface area contributed by atoms with E-state index in [9.17, 15) is 9.59 Å².